The quantitative estimate of drug-likeness (QED) is 0.878. The van der Waals surface area contributed by atoms with Crippen molar-refractivity contribution in [2.24, 2.45) is 0 Å². The lowest BCUT2D eigenvalue weighted by Gasteiger charge is -2.34. The summed E-state index contributed by atoms with van der Waals surface area (Å²) >= 11 is 0. The van der Waals surface area contributed by atoms with Gasteiger partial charge < -0.3 is 15.0 Å². The van der Waals surface area contributed by atoms with Gasteiger partial charge in [0.1, 0.15) is 5.69 Å². The van der Waals surface area contributed by atoms with E-state index < -0.39 is 0 Å². The SMILES string of the molecule is CCn1nc2c(c1C(=O)N1CC(=O)NC3(CC3)C1)C[C@H](C)O[C@@H]2C. The van der Waals surface area contributed by atoms with Gasteiger partial charge in [-0.3, -0.25) is 14.3 Å². The summed E-state index contributed by atoms with van der Waals surface area (Å²) in [7, 11) is 0. The second kappa shape index (κ2) is 5.31. The van der Waals surface area contributed by atoms with Crippen molar-refractivity contribution in [1.82, 2.24) is 20.0 Å². The lowest BCUT2D eigenvalue weighted by atomic mass is 9.99. The van der Waals surface area contributed by atoms with Crippen LogP contribution in [0.25, 0.3) is 0 Å². The van der Waals surface area contributed by atoms with E-state index >= 15 is 0 Å². The van der Waals surface area contributed by atoms with Crippen LogP contribution in [0.5, 0.6) is 0 Å². The van der Waals surface area contributed by atoms with Crippen LogP contribution in [0.1, 0.15) is 61.5 Å². The fraction of sp³-hybridized carbons (Fsp3) is 0.706. The number of carbonyl (C=O) groups excluding carboxylic acids is 2. The molecule has 1 saturated heterocycles. The molecule has 2 fully saturated rings. The van der Waals surface area contributed by atoms with Gasteiger partial charge in [0.05, 0.1) is 30.0 Å². The zero-order valence-corrected chi connectivity index (χ0v) is 14.5. The number of nitrogens with one attached hydrogen (secondary N) is 1. The lowest BCUT2D eigenvalue weighted by Crippen LogP contribution is -2.57. The van der Waals surface area contributed by atoms with Gasteiger partial charge in [0, 0.05) is 25.1 Å². The molecule has 0 unspecified atom stereocenters. The molecule has 3 heterocycles. The molecule has 1 N–H and O–H groups in total. The van der Waals surface area contributed by atoms with Crippen LogP contribution in [0.2, 0.25) is 0 Å². The molecule has 7 nitrogen and oxygen atoms in total. The molecule has 24 heavy (non-hydrogen) atoms. The van der Waals surface area contributed by atoms with E-state index in [1.807, 2.05) is 20.8 Å². The van der Waals surface area contributed by atoms with Gasteiger partial charge in [-0.2, -0.15) is 5.10 Å². The molecule has 3 aliphatic rings. The van der Waals surface area contributed by atoms with Crippen molar-refractivity contribution in [2.45, 2.75) is 64.3 Å². The summed E-state index contributed by atoms with van der Waals surface area (Å²) in [6.07, 6.45) is 2.55. The number of hydrogen-bond acceptors (Lipinski definition) is 4. The minimum Gasteiger partial charge on any atom is -0.369 e. The minimum atomic E-state index is -0.175. The summed E-state index contributed by atoms with van der Waals surface area (Å²) in [5, 5.41) is 7.64. The average Bonchev–Trinajstić information content (AvgIpc) is 3.14. The third-order valence-electron chi connectivity index (χ3n) is 5.27. The number of nitrogens with zero attached hydrogens (tertiary/aromatic N) is 3. The van der Waals surface area contributed by atoms with E-state index in [1.54, 1.807) is 9.58 Å². The fourth-order valence-electron chi connectivity index (χ4n) is 3.96. The Kier molecular flexibility index (Phi) is 3.46. The van der Waals surface area contributed by atoms with E-state index in [0.29, 0.717) is 25.2 Å². The highest BCUT2D eigenvalue weighted by atomic mass is 16.5. The molecular formula is C17H24N4O3. The van der Waals surface area contributed by atoms with Crippen molar-refractivity contribution in [1.29, 1.82) is 0 Å². The Bertz CT molecular complexity index is 707. The average molecular weight is 332 g/mol. The molecule has 1 spiro atoms. The first kappa shape index (κ1) is 15.6. The van der Waals surface area contributed by atoms with E-state index in [-0.39, 0.29) is 36.1 Å². The summed E-state index contributed by atoms with van der Waals surface area (Å²) in [6.45, 7) is 7.33. The molecule has 0 aromatic carbocycles. The molecule has 2 aliphatic heterocycles. The first-order valence-electron chi connectivity index (χ1n) is 8.78. The number of fused-ring (bicyclic) bond motifs is 1. The van der Waals surface area contributed by atoms with Gasteiger partial charge in [0.15, 0.2) is 0 Å². The van der Waals surface area contributed by atoms with Crippen molar-refractivity contribution in [3.8, 4) is 0 Å². The smallest absolute Gasteiger partial charge is 0.272 e. The van der Waals surface area contributed by atoms with Crippen LogP contribution >= 0.6 is 0 Å². The standard InChI is InChI=1S/C17H24N4O3/c1-4-21-15(12-7-10(2)24-11(3)14(12)19-21)16(23)20-8-13(22)18-17(9-20)5-6-17/h10-11H,4-9H2,1-3H3,(H,18,22)/t10-,11+/m0/s1. The second-order valence-electron chi connectivity index (χ2n) is 7.31. The molecule has 7 heteroatoms. The molecule has 1 saturated carbocycles. The van der Waals surface area contributed by atoms with E-state index in [1.165, 1.54) is 0 Å². The molecule has 0 radical (unpaired) electrons. The first-order chi connectivity index (χ1) is 11.4. The van der Waals surface area contributed by atoms with Gasteiger partial charge in [-0.25, -0.2) is 0 Å². The minimum absolute atomic E-state index is 0.0615. The third kappa shape index (κ3) is 2.42. The fourth-order valence-corrected chi connectivity index (χ4v) is 3.96. The normalized spacial score (nSPS) is 27.8. The topological polar surface area (TPSA) is 76.5 Å². The summed E-state index contributed by atoms with van der Waals surface area (Å²) < 4.78 is 7.62. The molecule has 2 amide bonds. The zero-order valence-electron chi connectivity index (χ0n) is 14.5. The Morgan fingerprint density at radius 1 is 1.42 bits per heavy atom. The van der Waals surface area contributed by atoms with Crippen LogP contribution in [-0.2, 0) is 22.5 Å². The number of rotatable bonds is 2. The summed E-state index contributed by atoms with van der Waals surface area (Å²) in [5.74, 6) is -0.137. The molecule has 0 bridgehead atoms. The summed E-state index contributed by atoms with van der Waals surface area (Å²) in [4.78, 5) is 26.9. The Balaban J connectivity index is 1.70. The van der Waals surface area contributed by atoms with E-state index in [9.17, 15) is 9.59 Å². The number of piperazine rings is 1. The van der Waals surface area contributed by atoms with Crippen LogP contribution in [0.15, 0.2) is 0 Å². The second-order valence-corrected chi connectivity index (χ2v) is 7.31. The number of carbonyl (C=O) groups is 2. The number of hydrogen-bond donors (Lipinski definition) is 1. The van der Waals surface area contributed by atoms with Gasteiger partial charge in [0.2, 0.25) is 5.91 Å². The van der Waals surface area contributed by atoms with Crippen molar-refractivity contribution in [3.05, 3.63) is 17.0 Å². The van der Waals surface area contributed by atoms with Crippen LogP contribution in [0, 0.1) is 0 Å². The summed E-state index contributed by atoms with van der Waals surface area (Å²) in [6, 6.07) is 0. The molecule has 130 valence electrons. The highest BCUT2D eigenvalue weighted by molar-refractivity contribution is 5.97. The van der Waals surface area contributed by atoms with Crippen molar-refractivity contribution < 1.29 is 14.3 Å². The van der Waals surface area contributed by atoms with Crippen LogP contribution in [-0.4, -0.2) is 51.2 Å². The largest absolute Gasteiger partial charge is 0.369 e. The number of ether oxygens (including phenoxy) is 1. The highest BCUT2D eigenvalue weighted by Gasteiger charge is 2.50. The van der Waals surface area contributed by atoms with Gasteiger partial charge in [-0.05, 0) is 33.6 Å². The molecule has 1 aliphatic carbocycles. The lowest BCUT2D eigenvalue weighted by molar-refractivity contribution is -0.125. The molecule has 1 aromatic heterocycles. The Hall–Kier alpha value is -1.89. The van der Waals surface area contributed by atoms with Crippen LogP contribution < -0.4 is 5.32 Å². The monoisotopic (exact) mass is 332 g/mol. The molecule has 2 atom stereocenters. The van der Waals surface area contributed by atoms with Crippen molar-refractivity contribution in [3.63, 3.8) is 0 Å². The van der Waals surface area contributed by atoms with Crippen LogP contribution in [0.4, 0.5) is 0 Å². The Morgan fingerprint density at radius 3 is 2.83 bits per heavy atom. The molecule has 1 aromatic rings. The number of aromatic nitrogens is 2. The maximum atomic E-state index is 13.2. The van der Waals surface area contributed by atoms with Gasteiger partial charge >= 0.3 is 0 Å². The first-order valence-corrected chi connectivity index (χ1v) is 8.78. The predicted molar refractivity (Wildman–Crippen MR) is 86.6 cm³/mol. The van der Waals surface area contributed by atoms with Crippen molar-refractivity contribution in [2.75, 3.05) is 13.1 Å². The zero-order chi connectivity index (χ0) is 17.1. The van der Waals surface area contributed by atoms with Crippen molar-refractivity contribution >= 4 is 11.8 Å². The predicted octanol–water partition coefficient (Wildman–Crippen LogP) is 1.03. The maximum Gasteiger partial charge on any atom is 0.272 e. The maximum absolute atomic E-state index is 13.2. The summed E-state index contributed by atoms with van der Waals surface area (Å²) in [5.41, 5.74) is 2.32. The van der Waals surface area contributed by atoms with Gasteiger partial charge in [-0.15, -0.1) is 0 Å². The Labute approximate surface area is 141 Å². The van der Waals surface area contributed by atoms with Gasteiger partial charge in [-0.1, -0.05) is 0 Å². The van der Waals surface area contributed by atoms with E-state index in [0.717, 1.165) is 24.1 Å². The highest BCUT2D eigenvalue weighted by Crippen LogP contribution is 2.39. The Morgan fingerprint density at radius 2 is 2.17 bits per heavy atom. The van der Waals surface area contributed by atoms with E-state index in [4.69, 9.17) is 4.74 Å². The van der Waals surface area contributed by atoms with Gasteiger partial charge in [0.25, 0.3) is 5.91 Å². The number of aryl methyl sites for hydroxylation is 1. The molecule has 4 rings (SSSR count). The van der Waals surface area contributed by atoms with Crippen LogP contribution in [0.3, 0.4) is 0 Å². The third-order valence-corrected chi connectivity index (χ3v) is 5.27. The molecular weight excluding hydrogens is 308 g/mol. The number of amides is 2. The van der Waals surface area contributed by atoms with E-state index in [2.05, 4.69) is 10.4 Å².